The molecule has 0 aliphatic heterocycles. The van der Waals surface area contributed by atoms with Crippen LogP contribution in [0.4, 0.5) is 4.39 Å². The van der Waals surface area contributed by atoms with Crippen LogP contribution < -0.4 is 5.73 Å². The van der Waals surface area contributed by atoms with Crippen molar-refractivity contribution in [3.63, 3.8) is 0 Å². The number of imidazole rings is 1. The first-order valence-electron chi connectivity index (χ1n) is 5.64. The van der Waals surface area contributed by atoms with Gasteiger partial charge >= 0.3 is 0 Å². The van der Waals surface area contributed by atoms with E-state index in [1.54, 1.807) is 18.5 Å². The van der Waals surface area contributed by atoms with E-state index < -0.39 is 0 Å². The molecular weight excluding hydrogens is 217 g/mol. The van der Waals surface area contributed by atoms with Gasteiger partial charge in [-0.3, -0.25) is 0 Å². The van der Waals surface area contributed by atoms with Gasteiger partial charge in [0.15, 0.2) is 0 Å². The van der Waals surface area contributed by atoms with Gasteiger partial charge in [0.1, 0.15) is 5.82 Å². The summed E-state index contributed by atoms with van der Waals surface area (Å²) in [6.45, 7) is 2.66. The lowest BCUT2D eigenvalue weighted by molar-refractivity contribution is 0.626. The fourth-order valence-corrected chi connectivity index (χ4v) is 1.73. The van der Waals surface area contributed by atoms with Gasteiger partial charge in [-0.2, -0.15) is 0 Å². The maximum absolute atomic E-state index is 12.7. The molecule has 1 atom stereocenters. The Balaban J connectivity index is 2.03. The molecule has 3 nitrogen and oxygen atoms in total. The number of halogens is 1. The Morgan fingerprint density at radius 1 is 1.35 bits per heavy atom. The molecule has 1 heterocycles. The van der Waals surface area contributed by atoms with Gasteiger partial charge in [0.25, 0.3) is 0 Å². The normalized spacial score (nSPS) is 12.6. The molecule has 1 aromatic heterocycles. The van der Waals surface area contributed by atoms with Gasteiger partial charge in [-0.15, -0.1) is 0 Å². The first kappa shape index (κ1) is 11.8. The smallest absolute Gasteiger partial charge is 0.123 e. The summed E-state index contributed by atoms with van der Waals surface area (Å²) < 4.78 is 14.7. The second-order valence-electron chi connectivity index (χ2n) is 4.35. The molecule has 1 unspecified atom stereocenters. The Labute approximate surface area is 100 Å². The Kier molecular flexibility index (Phi) is 3.54. The van der Waals surface area contributed by atoms with Crippen LogP contribution in [-0.4, -0.2) is 15.6 Å². The van der Waals surface area contributed by atoms with E-state index >= 15 is 0 Å². The van der Waals surface area contributed by atoms with Crippen molar-refractivity contribution < 1.29 is 4.39 Å². The molecule has 17 heavy (non-hydrogen) atoms. The largest absolute Gasteiger partial charge is 0.333 e. The van der Waals surface area contributed by atoms with E-state index in [1.165, 1.54) is 12.1 Å². The molecule has 2 rings (SSSR count). The molecule has 0 saturated carbocycles. The molecule has 0 radical (unpaired) electrons. The van der Waals surface area contributed by atoms with E-state index in [0.29, 0.717) is 6.54 Å². The van der Waals surface area contributed by atoms with Crippen LogP contribution in [-0.2, 0) is 13.0 Å². The van der Waals surface area contributed by atoms with Gasteiger partial charge in [0.05, 0.1) is 12.0 Å². The maximum atomic E-state index is 12.7. The average molecular weight is 233 g/mol. The number of benzene rings is 1. The van der Waals surface area contributed by atoms with Crippen LogP contribution in [0.1, 0.15) is 18.2 Å². The summed E-state index contributed by atoms with van der Waals surface area (Å²) in [5, 5.41) is 0. The van der Waals surface area contributed by atoms with Gasteiger partial charge < -0.3 is 10.3 Å². The number of hydrogen-bond donors (Lipinski definition) is 1. The van der Waals surface area contributed by atoms with Crippen LogP contribution in [0.25, 0.3) is 0 Å². The van der Waals surface area contributed by atoms with E-state index in [4.69, 9.17) is 5.73 Å². The third-order valence-corrected chi connectivity index (χ3v) is 2.50. The highest BCUT2D eigenvalue weighted by Crippen LogP contribution is 2.06. The summed E-state index contributed by atoms with van der Waals surface area (Å²) in [4.78, 5) is 4.28. The van der Waals surface area contributed by atoms with Crippen molar-refractivity contribution >= 4 is 0 Å². The molecular formula is C13H16FN3. The topological polar surface area (TPSA) is 43.8 Å². The third-order valence-electron chi connectivity index (χ3n) is 2.50. The van der Waals surface area contributed by atoms with E-state index in [2.05, 4.69) is 4.98 Å². The van der Waals surface area contributed by atoms with Crippen molar-refractivity contribution in [3.8, 4) is 0 Å². The number of aromatic nitrogens is 2. The summed E-state index contributed by atoms with van der Waals surface area (Å²) in [7, 11) is 0. The lowest BCUT2D eigenvalue weighted by Gasteiger charge is -2.02. The quantitative estimate of drug-likeness (QED) is 0.877. The Bertz CT molecular complexity index is 474. The summed E-state index contributed by atoms with van der Waals surface area (Å²) in [6.07, 6.45) is 4.53. The number of nitrogens with zero attached hydrogens (tertiary/aromatic N) is 2. The molecule has 0 fully saturated rings. The molecule has 0 aliphatic rings. The monoisotopic (exact) mass is 233 g/mol. The zero-order chi connectivity index (χ0) is 12.3. The van der Waals surface area contributed by atoms with Gasteiger partial charge in [0, 0.05) is 25.2 Å². The second-order valence-corrected chi connectivity index (χ2v) is 4.35. The second kappa shape index (κ2) is 5.10. The van der Waals surface area contributed by atoms with Crippen molar-refractivity contribution in [2.24, 2.45) is 5.73 Å². The molecule has 90 valence electrons. The number of nitrogens with two attached hydrogens (primary N) is 1. The minimum Gasteiger partial charge on any atom is -0.333 e. The zero-order valence-corrected chi connectivity index (χ0v) is 9.81. The summed E-state index contributed by atoms with van der Waals surface area (Å²) in [5.74, 6) is -0.211. The molecule has 0 aliphatic carbocycles. The minimum atomic E-state index is -0.211. The maximum Gasteiger partial charge on any atom is 0.123 e. The fourth-order valence-electron chi connectivity index (χ4n) is 1.73. The minimum absolute atomic E-state index is 0.115. The van der Waals surface area contributed by atoms with Crippen LogP contribution in [0.15, 0.2) is 36.8 Å². The van der Waals surface area contributed by atoms with E-state index in [1.807, 2.05) is 17.7 Å². The molecule has 0 amide bonds. The Hall–Kier alpha value is -1.68. The molecule has 2 aromatic rings. The first-order chi connectivity index (χ1) is 8.13. The van der Waals surface area contributed by atoms with Crippen LogP contribution in [0.3, 0.4) is 0 Å². The molecule has 4 heteroatoms. The first-order valence-corrected chi connectivity index (χ1v) is 5.64. The number of hydrogen-bond acceptors (Lipinski definition) is 2. The SMILES string of the molecule is CC(N)Cc1cn(Cc2ccc(F)cc2)cn1. The van der Waals surface area contributed by atoms with Crippen LogP contribution in [0.5, 0.6) is 0 Å². The molecule has 0 bridgehead atoms. The van der Waals surface area contributed by atoms with Crippen LogP contribution >= 0.6 is 0 Å². The molecule has 2 N–H and O–H groups in total. The lowest BCUT2D eigenvalue weighted by atomic mass is 10.2. The zero-order valence-electron chi connectivity index (χ0n) is 9.81. The molecule has 0 saturated heterocycles. The summed E-state index contributed by atoms with van der Waals surface area (Å²) >= 11 is 0. The van der Waals surface area contributed by atoms with Crippen molar-refractivity contribution in [2.75, 3.05) is 0 Å². The summed E-state index contributed by atoms with van der Waals surface area (Å²) in [5.41, 5.74) is 7.75. The number of rotatable bonds is 4. The van der Waals surface area contributed by atoms with Crippen molar-refractivity contribution in [1.82, 2.24) is 9.55 Å². The van der Waals surface area contributed by atoms with E-state index in [-0.39, 0.29) is 11.9 Å². The highest BCUT2D eigenvalue weighted by atomic mass is 19.1. The van der Waals surface area contributed by atoms with Crippen molar-refractivity contribution in [2.45, 2.75) is 25.9 Å². The van der Waals surface area contributed by atoms with Crippen LogP contribution in [0.2, 0.25) is 0 Å². The van der Waals surface area contributed by atoms with E-state index in [9.17, 15) is 4.39 Å². The fraction of sp³-hybridized carbons (Fsp3) is 0.308. The predicted octanol–water partition coefficient (Wildman–Crippen LogP) is 1.96. The highest BCUT2D eigenvalue weighted by Gasteiger charge is 2.02. The van der Waals surface area contributed by atoms with Gasteiger partial charge in [-0.1, -0.05) is 12.1 Å². The molecule has 0 spiro atoms. The van der Waals surface area contributed by atoms with Crippen molar-refractivity contribution in [1.29, 1.82) is 0 Å². The Morgan fingerprint density at radius 2 is 2.06 bits per heavy atom. The Morgan fingerprint density at radius 3 is 2.71 bits per heavy atom. The predicted molar refractivity (Wildman–Crippen MR) is 65.1 cm³/mol. The highest BCUT2D eigenvalue weighted by molar-refractivity contribution is 5.16. The standard InChI is InChI=1S/C13H16FN3/c1-10(15)6-13-8-17(9-16-13)7-11-2-4-12(14)5-3-11/h2-5,8-10H,6-7,15H2,1H3. The average Bonchev–Trinajstić information content (AvgIpc) is 2.68. The van der Waals surface area contributed by atoms with Gasteiger partial charge in [0.2, 0.25) is 0 Å². The third kappa shape index (κ3) is 3.39. The van der Waals surface area contributed by atoms with Crippen LogP contribution in [0, 0.1) is 5.82 Å². The molecule has 1 aromatic carbocycles. The van der Waals surface area contributed by atoms with E-state index in [0.717, 1.165) is 17.7 Å². The lowest BCUT2D eigenvalue weighted by Crippen LogP contribution is -2.17. The summed E-state index contributed by atoms with van der Waals surface area (Å²) in [6, 6.07) is 6.61. The van der Waals surface area contributed by atoms with Gasteiger partial charge in [-0.05, 0) is 24.6 Å². The van der Waals surface area contributed by atoms with Gasteiger partial charge in [-0.25, -0.2) is 9.37 Å². The van der Waals surface area contributed by atoms with Crippen molar-refractivity contribution in [3.05, 3.63) is 53.9 Å².